The van der Waals surface area contributed by atoms with E-state index in [2.05, 4.69) is 20.8 Å². The molecule has 0 aromatic heterocycles. The van der Waals surface area contributed by atoms with Gasteiger partial charge in [0.1, 0.15) is 0 Å². The Hall–Kier alpha value is -0.410. The van der Waals surface area contributed by atoms with E-state index in [1.54, 1.807) is 0 Å². The van der Waals surface area contributed by atoms with Crippen LogP contribution in [0, 0.1) is 10.1 Å². The molecule has 30 heavy (non-hydrogen) atoms. The molecule has 0 unspecified atom stereocenters. The van der Waals surface area contributed by atoms with Crippen molar-refractivity contribution in [3.05, 3.63) is 10.1 Å². The summed E-state index contributed by atoms with van der Waals surface area (Å²) < 4.78 is 6.37. The standard InChI is InChI=1S/C24H51OP.HNO3/c1-4-7-10-13-16-19-22-25-26(23-20-17-14-11-8-5-2)24-21-18-15-12-9-6-3;2-1(3)4/h4-24H2,1-3H3;(H,2,3,4). The zero-order valence-corrected chi connectivity index (χ0v) is 21.3. The molecular weight excluding hydrogens is 397 g/mol. The fourth-order valence-electron chi connectivity index (χ4n) is 3.45. The van der Waals surface area contributed by atoms with E-state index in [0.717, 1.165) is 6.61 Å². The average Bonchev–Trinajstić information content (AvgIpc) is 2.71. The minimum absolute atomic E-state index is 0.137. The van der Waals surface area contributed by atoms with Crippen LogP contribution in [-0.4, -0.2) is 29.2 Å². The molecule has 0 atom stereocenters. The molecular formula is C24H52NO4P. The third kappa shape index (κ3) is 32.3. The maximum atomic E-state index is 8.36. The number of unbranched alkanes of at least 4 members (excludes halogenated alkanes) is 15. The highest BCUT2D eigenvalue weighted by Gasteiger charge is 2.09. The van der Waals surface area contributed by atoms with Gasteiger partial charge >= 0.3 is 0 Å². The quantitative estimate of drug-likeness (QED) is 0.0774. The van der Waals surface area contributed by atoms with Gasteiger partial charge in [0.2, 0.25) is 0 Å². The zero-order valence-electron chi connectivity index (χ0n) is 20.4. The van der Waals surface area contributed by atoms with Crippen molar-refractivity contribution in [2.24, 2.45) is 0 Å². The molecule has 0 aliphatic rings. The number of hydrogen-bond donors (Lipinski definition) is 1. The molecule has 0 fully saturated rings. The van der Waals surface area contributed by atoms with Crippen LogP contribution in [0.1, 0.15) is 136 Å². The Labute approximate surface area is 188 Å². The van der Waals surface area contributed by atoms with E-state index in [-0.39, 0.29) is 8.15 Å². The third-order valence-electron chi connectivity index (χ3n) is 5.29. The number of nitrogens with zero attached hydrogens (tertiary/aromatic N) is 1. The first kappa shape index (κ1) is 31.8. The second-order valence-electron chi connectivity index (χ2n) is 8.30. The van der Waals surface area contributed by atoms with E-state index in [9.17, 15) is 0 Å². The normalized spacial score (nSPS) is 10.8. The lowest BCUT2D eigenvalue weighted by atomic mass is 10.1. The van der Waals surface area contributed by atoms with E-state index in [0.29, 0.717) is 0 Å². The van der Waals surface area contributed by atoms with Crippen LogP contribution in [0.2, 0.25) is 0 Å². The number of rotatable bonds is 22. The van der Waals surface area contributed by atoms with Gasteiger partial charge in [-0.05, 0) is 31.6 Å². The lowest BCUT2D eigenvalue weighted by molar-refractivity contribution is -0.742. The van der Waals surface area contributed by atoms with Gasteiger partial charge in [-0.25, -0.2) is 0 Å². The molecule has 0 aliphatic carbocycles. The first-order chi connectivity index (χ1) is 14.6. The van der Waals surface area contributed by atoms with Crippen LogP contribution in [-0.2, 0) is 4.52 Å². The Balaban J connectivity index is 0. The molecule has 0 aromatic rings. The van der Waals surface area contributed by atoms with Crippen molar-refractivity contribution < 1.29 is 14.8 Å². The largest absolute Gasteiger partial charge is 0.359 e. The van der Waals surface area contributed by atoms with E-state index >= 15 is 0 Å². The number of hydrogen-bond acceptors (Lipinski definition) is 3. The monoisotopic (exact) mass is 449 g/mol. The molecule has 0 spiro atoms. The predicted octanol–water partition coefficient (Wildman–Crippen LogP) is 9.13. The molecule has 5 nitrogen and oxygen atoms in total. The molecule has 0 bridgehead atoms. The summed E-state index contributed by atoms with van der Waals surface area (Å²) in [6.07, 6.45) is 27.9. The van der Waals surface area contributed by atoms with Gasteiger partial charge in [-0.1, -0.05) is 117 Å². The summed E-state index contributed by atoms with van der Waals surface area (Å²) in [6.45, 7) is 7.93. The summed E-state index contributed by atoms with van der Waals surface area (Å²) in [5.41, 5.74) is 0. The van der Waals surface area contributed by atoms with Crippen LogP contribution in [0.5, 0.6) is 0 Å². The Kier molecular flexibility index (Phi) is 30.3. The Morgan fingerprint density at radius 3 is 1.30 bits per heavy atom. The highest BCUT2D eigenvalue weighted by molar-refractivity contribution is 7.52. The lowest BCUT2D eigenvalue weighted by Crippen LogP contribution is -1.98. The molecule has 0 amide bonds. The molecule has 6 heteroatoms. The van der Waals surface area contributed by atoms with Crippen molar-refractivity contribution in [2.45, 2.75) is 136 Å². The predicted molar refractivity (Wildman–Crippen MR) is 132 cm³/mol. The van der Waals surface area contributed by atoms with E-state index in [1.165, 1.54) is 128 Å². The van der Waals surface area contributed by atoms with E-state index in [4.69, 9.17) is 19.8 Å². The average molecular weight is 450 g/mol. The summed E-state index contributed by atoms with van der Waals surface area (Å²) >= 11 is 0. The van der Waals surface area contributed by atoms with Crippen LogP contribution in [0.3, 0.4) is 0 Å². The topological polar surface area (TPSA) is 72.6 Å². The summed E-state index contributed by atoms with van der Waals surface area (Å²) in [4.78, 5) is 8.36. The SMILES string of the molecule is CCCCCCCCOP(CCCCCCCC)CCCCCCCC.O=[N+]([O-])O. The van der Waals surface area contributed by atoms with Crippen LogP contribution in [0.25, 0.3) is 0 Å². The maximum Gasteiger partial charge on any atom is 0.291 e. The molecule has 0 radical (unpaired) electrons. The van der Waals surface area contributed by atoms with Crippen molar-refractivity contribution in [1.29, 1.82) is 0 Å². The van der Waals surface area contributed by atoms with Crippen molar-refractivity contribution in [3.8, 4) is 0 Å². The van der Waals surface area contributed by atoms with Gasteiger partial charge in [0, 0.05) is 8.15 Å². The maximum absolute atomic E-state index is 8.36. The minimum atomic E-state index is -1.50. The van der Waals surface area contributed by atoms with Gasteiger partial charge in [0.05, 0.1) is 6.61 Å². The summed E-state index contributed by atoms with van der Waals surface area (Å²) in [7, 11) is -0.137. The first-order valence-electron chi connectivity index (χ1n) is 12.8. The fraction of sp³-hybridized carbons (Fsp3) is 1.00. The van der Waals surface area contributed by atoms with Gasteiger partial charge < -0.3 is 9.73 Å². The first-order valence-corrected chi connectivity index (χ1v) is 14.4. The van der Waals surface area contributed by atoms with E-state index in [1.807, 2.05) is 0 Å². The van der Waals surface area contributed by atoms with Crippen molar-refractivity contribution in [3.63, 3.8) is 0 Å². The third-order valence-corrected chi connectivity index (χ3v) is 7.47. The van der Waals surface area contributed by atoms with Crippen LogP contribution >= 0.6 is 8.15 Å². The Morgan fingerprint density at radius 2 is 0.933 bits per heavy atom. The van der Waals surface area contributed by atoms with Gasteiger partial charge in [-0.3, -0.25) is 0 Å². The molecule has 0 saturated heterocycles. The minimum Gasteiger partial charge on any atom is -0.359 e. The molecule has 0 rings (SSSR count). The van der Waals surface area contributed by atoms with Gasteiger partial charge in [0.15, 0.2) is 0 Å². The Bertz CT molecular complexity index is 312. The smallest absolute Gasteiger partial charge is 0.291 e. The van der Waals surface area contributed by atoms with Crippen LogP contribution in [0.15, 0.2) is 0 Å². The molecule has 0 aromatic carbocycles. The molecule has 0 saturated carbocycles. The second-order valence-corrected chi connectivity index (χ2v) is 10.4. The van der Waals surface area contributed by atoms with Crippen LogP contribution < -0.4 is 0 Å². The molecule has 1 N–H and O–H groups in total. The molecule has 0 aliphatic heterocycles. The zero-order chi connectivity index (χ0) is 22.7. The highest BCUT2D eigenvalue weighted by atomic mass is 31.1. The second kappa shape index (κ2) is 28.6. The lowest BCUT2D eigenvalue weighted by Gasteiger charge is -2.18. The summed E-state index contributed by atoms with van der Waals surface area (Å²) in [6, 6.07) is 0. The highest BCUT2D eigenvalue weighted by Crippen LogP contribution is 2.39. The molecule has 0 heterocycles. The van der Waals surface area contributed by atoms with Gasteiger partial charge in [-0.15, -0.1) is 10.1 Å². The fourth-order valence-corrected chi connectivity index (χ4v) is 5.48. The van der Waals surface area contributed by atoms with Crippen molar-refractivity contribution in [1.82, 2.24) is 0 Å². The summed E-state index contributed by atoms with van der Waals surface area (Å²) in [5.74, 6) is 0. The van der Waals surface area contributed by atoms with Crippen molar-refractivity contribution >= 4 is 8.15 Å². The van der Waals surface area contributed by atoms with Gasteiger partial charge in [0.25, 0.3) is 5.09 Å². The van der Waals surface area contributed by atoms with Gasteiger partial charge in [-0.2, -0.15) is 0 Å². The summed E-state index contributed by atoms with van der Waals surface area (Å²) in [5, 5.41) is 13.6. The molecule has 182 valence electrons. The Morgan fingerprint density at radius 1 is 0.633 bits per heavy atom. The van der Waals surface area contributed by atoms with Crippen molar-refractivity contribution in [2.75, 3.05) is 18.9 Å². The van der Waals surface area contributed by atoms with E-state index < -0.39 is 5.09 Å². The van der Waals surface area contributed by atoms with Crippen LogP contribution in [0.4, 0.5) is 0 Å².